The Morgan fingerprint density at radius 2 is 2.13 bits per heavy atom. The van der Waals surface area contributed by atoms with Gasteiger partial charge in [-0.3, -0.25) is 4.98 Å². The van der Waals surface area contributed by atoms with Gasteiger partial charge in [-0.25, -0.2) is 0 Å². The molecule has 1 aromatic rings. The maximum absolute atomic E-state index is 9.34. The Morgan fingerprint density at radius 3 is 2.73 bits per heavy atom. The normalized spacial score (nSPS) is 19.5. The molecule has 78 valence electrons. The third-order valence-corrected chi connectivity index (χ3v) is 3.25. The summed E-state index contributed by atoms with van der Waals surface area (Å²) >= 11 is 3.38. The van der Waals surface area contributed by atoms with Gasteiger partial charge in [-0.2, -0.15) is 5.26 Å². The van der Waals surface area contributed by atoms with Crippen molar-refractivity contribution in [3.05, 3.63) is 28.5 Å². The molecule has 4 heteroatoms. The van der Waals surface area contributed by atoms with Crippen LogP contribution in [0.5, 0.6) is 0 Å². The summed E-state index contributed by atoms with van der Waals surface area (Å²) < 4.78 is 6.21. The Labute approximate surface area is 97.2 Å². The third-order valence-electron chi connectivity index (χ3n) is 2.82. The number of ether oxygens (including phenoxy) is 1. The van der Waals surface area contributed by atoms with Crippen LogP contribution in [-0.2, 0) is 10.2 Å². The highest BCUT2D eigenvalue weighted by Crippen LogP contribution is 2.34. The van der Waals surface area contributed by atoms with Crippen LogP contribution in [0, 0.1) is 11.3 Å². The Balaban J connectivity index is 2.37. The monoisotopic (exact) mass is 266 g/mol. The van der Waals surface area contributed by atoms with Gasteiger partial charge in [0.15, 0.2) is 0 Å². The fourth-order valence-corrected chi connectivity index (χ4v) is 2.22. The van der Waals surface area contributed by atoms with Gasteiger partial charge < -0.3 is 4.74 Å². The van der Waals surface area contributed by atoms with Crippen LogP contribution in [0.2, 0.25) is 0 Å². The molecule has 2 heterocycles. The van der Waals surface area contributed by atoms with Crippen LogP contribution < -0.4 is 0 Å². The molecule has 0 amide bonds. The van der Waals surface area contributed by atoms with E-state index in [1.807, 2.05) is 6.07 Å². The van der Waals surface area contributed by atoms with Crippen molar-refractivity contribution in [2.75, 3.05) is 13.2 Å². The molecule has 0 unspecified atom stereocenters. The van der Waals surface area contributed by atoms with Gasteiger partial charge in [-0.1, -0.05) is 0 Å². The number of rotatable bonds is 1. The zero-order valence-electron chi connectivity index (χ0n) is 8.24. The minimum absolute atomic E-state index is 0.408. The summed E-state index contributed by atoms with van der Waals surface area (Å²) in [5, 5.41) is 9.34. The SMILES string of the molecule is N#CC1(c2cncc(Br)c2)CCOCC1. The molecule has 0 aliphatic carbocycles. The van der Waals surface area contributed by atoms with E-state index >= 15 is 0 Å². The Morgan fingerprint density at radius 1 is 1.40 bits per heavy atom. The molecule has 0 spiro atoms. The Hall–Kier alpha value is -0.920. The second kappa shape index (κ2) is 4.30. The number of hydrogen-bond donors (Lipinski definition) is 0. The first-order chi connectivity index (χ1) is 7.27. The fourth-order valence-electron chi connectivity index (χ4n) is 1.86. The van der Waals surface area contributed by atoms with Crippen molar-refractivity contribution in [3.8, 4) is 6.07 Å². The molecule has 2 rings (SSSR count). The number of pyridine rings is 1. The van der Waals surface area contributed by atoms with Gasteiger partial charge in [0.1, 0.15) is 0 Å². The highest BCUT2D eigenvalue weighted by Gasteiger charge is 2.34. The lowest BCUT2D eigenvalue weighted by Gasteiger charge is -2.30. The first-order valence-corrected chi connectivity index (χ1v) is 5.66. The van der Waals surface area contributed by atoms with Crippen LogP contribution in [0.1, 0.15) is 18.4 Å². The molecule has 0 radical (unpaired) electrons. The third kappa shape index (κ3) is 2.04. The molecule has 15 heavy (non-hydrogen) atoms. The molecule has 1 saturated heterocycles. The maximum Gasteiger partial charge on any atom is 0.0881 e. The number of halogens is 1. The molecule has 1 fully saturated rings. The standard InChI is InChI=1S/C11H11BrN2O/c12-10-5-9(6-14-7-10)11(8-13)1-3-15-4-2-11/h5-7H,1-4H2. The van der Waals surface area contributed by atoms with E-state index in [2.05, 4.69) is 27.0 Å². The summed E-state index contributed by atoms with van der Waals surface area (Å²) in [6, 6.07) is 4.39. The van der Waals surface area contributed by atoms with Crippen molar-refractivity contribution < 1.29 is 4.74 Å². The zero-order chi connectivity index (χ0) is 10.7. The maximum atomic E-state index is 9.34. The summed E-state index contributed by atoms with van der Waals surface area (Å²) in [7, 11) is 0. The molecule has 0 atom stereocenters. The molecular formula is C11H11BrN2O. The largest absolute Gasteiger partial charge is 0.381 e. The van der Waals surface area contributed by atoms with Crippen LogP contribution in [0.3, 0.4) is 0 Å². The summed E-state index contributed by atoms with van der Waals surface area (Å²) in [4.78, 5) is 4.11. The highest BCUT2D eigenvalue weighted by molar-refractivity contribution is 9.10. The summed E-state index contributed by atoms with van der Waals surface area (Å²) in [5.74, 6) is 0. The van der Waals surface area contributed by atoms with E-state index in [-0.39, 0.29) is 0 Å². The first-order valence-electron chi connectivity index (χ1n) is 4.87. The molecule has 0 bridgehead atoms. The van der Waals surface area contributed by atoms with Crippen molar-refractivity contribution in [3.63, 3.8) is 0 Å². The average Bonchev–Trinajstić information content (AvgIpc) is 2.30. The number of hydrogen-bond acceptors (Lipinski definition) is 3. The van der Waals surface area contributed by atoms with Gasteiger partial charge in [0.05, 0.1) is 11.5 Å². The van der Waals surface area contributed by atoms with Gasteiger partial charge in [-0.05, 0) is 40.4 Å². The van der Waals surface area contributed by atoms with Gasteiger partial charge in [-0.15, -0.1) is 0 Å². The molecule has 0 aromatic carbocycles. The Bertz CT molecular complexity index is 394. The number of nitriles is 1. The van der Waals surface area contributed by atoms with Crippen LogP contribution in [-0.4, -0.2) is 18.2 Å². The zero-order valence-corrected chi connectivity index (χ0v) is 9.83. The van der Waals surface area contributed by atoms with Crippen LogP contribution >= 0.6 is 15.9 Å². The van der Waals surface area contributed by atoms with Crippen LogP contribution in [0.4, 0.5) is 0 Å². The van der Waals surface area contributed by atoms with E-state index in [0.29, 0.717) is 13.2 Å². The van der Waals surface area contributed by atoms with Gasteiger partial charge in [0, 0.05) is 30.1 Å². The minimum Gasteiger partial charge on any atom is -0.381 e. The second-order valence-electron chi connectivity index (χ2n) is 3.70. The highest BCUT2D eigenvalue weighted by atomic mass is 79.9. The van der Waals surface area contributed by atoms with Crippen molar-refractivity contribution >= 4 is 15.9 Å². The van der Waals surface area contributed by atoms with E-state index in [9.17, 15) is 5.26 Å². The predicted molar refractivity (Wildman–Crippen MR) is 59.3 cm³/mol. The summed E-state index contributed by atoms with van der Waals surface area (Å²) in [5.41, 5.74) is 0.581. The van der Waals surface area contributed by atoms with Gasteiger partial charge >= 0.3 is 0 Å². The summed E-state index contributed by atoms with van der Waals surface area (Å²) in [6.07, 6.45) is 5.01. The second-order valence-corrected chi connectivity index (χ2v) is 4.61. The molecule has 3 nitrogen and oxygen atoms in total. The van der Waals surface area contributed by atoms with E-state index in [1.54, 1.807) is 12.4 Å². The molecule has 1 aromatic heterocycles. The van der Waals surface area contributed by atoms with Crippen molar-refractivity contribution in [1.29, 1.82) is 5.26 Å². The lowest BCUT2D eigenvalue weighted by atomic mass is 9.76. The quantitative estimate of drug-likeness (QED) is 0.785. The predicted octanol–water partition coefficient (Wildman–Crippen LogP) is 2.42. The van der Waals surface area contributed by atoms with E-state index in [0.717, 1.165) is 22.9 Å². The Kier molecular flexibility index (Phi) is 3.03. The van der Waals surface area contributed by atoms with Gasteiger partial charge in [0.25, 0.3) is 0 Å². The molecule has 0 saturated carbocycles. The van der Waals surface area contributed by atoms with Crippen molar-refractivity contribution in [1.82, 2.24) is 4.98 Å². The van der Waals surface area contributed by atoms with Gasteiger partial charge in [0.2, 0.25) is 0 Å². The number of nitrogens with zero attached hydrogens (tertiary/aromatic N) is 2. The topological polar surface area (TPSA) is 45.9 Å². The fraction of sp³-hybridized carbons (Fsp3) is 0.455. The van der Waals surface area contributed by atoms with E-state index in [1.165, 1.54) is 0 Å². The van der Waals surface area contributed by atoms with Crippen LogP contribution in [0.15, 0.2) is 22.9 Å². The molecule has 1 aliphatic heterocycles. The summed E-state index contributed by atoms with van der Waals surface area (Å²) in [6.45, 7) is 1.31. The molecule has 0 N–H and O–H groups in total. The number of aromatic nitrogens is 1. The van der Waals surface area contributed by atoms with E-state index in [4.69, 9.17) is 4.74 Å². The van der Waals surface area contributed by atoms with Crippen molar-refractivity contribution in [2.45, 2.75) is 18.3 Å². The van der Waals surface area contributed by atoms with Crippen molar-refractivity contribution in [2.24, 2.45) is 0 Å². The smallest absolute Gasteiger partial charge is 0.0881 e. The first kappa shape index (κ1) is 10.6. The molecule has 1 aliphatic rings. The minimum atomic E-state index is -0.408. The lowest BCUT2D eigenvalue weighted by molar-refractivity contribution is 0.0674. The lowest BCUT2D eigenvalue weighted by Crippen LogP contribution is -2.32. The average molecular weight is 267 g/mol. The van der Waals surface area contributed by atoms with Crippen LogP contribution in [0.25, 0.3) is 0 Å². The molecular weight excluding hydrogens is 256 g/mol. The van der Waals surface area contributed by atoms with E-state index < -0.39 is 5.41 Å².